The Bertz CT molecular complexity index is 246. The van der Waals surface area contributed by atoms with Crippen LogP contribution < -0.4 is 0 Å². The summed E-state index contributed by atoms with van der Waals surface area (Å²) in [6.45, 7) is 4.52. The van der Waals surface area contributed by atoms with Gasteiger partial charge in [-0.1, -0.05) is 62.8 Å². The van der Waals surface area contributed by atoms with Crippen molar-refractivity contribution in [3.05, 3.63) is 42.0 Å². The molecule has 1 rings (SSSR count). The highest BCUT2D eigenvalue weighted by atomic mass is 14.0. The molecule has 0 aliphatic carbocycles. The van der Waals surface area contributed by atoms with E-state index in [9.17, 15) is 0 Å². The molecule has 1 unspecified atom stereocenters. The van der Waals surface area contributed by atoms with Crippen LogP contribution >= 0.6 is 0 Å². The summed E-state index contributed by atoms with van der Waals surface area (Å²) in [5.41, 5.74) is 1.30. The summed E-state index contributed by atoms with van der Waals surface area (Å²) in [5.74, 6) is 0.806. The van der Waals surface area contributed by atoms with Gasteiger partial charge in [-0.05, 0) is 17.9 Å². The van der Waals surface area contributed by atoms with Gasteiger partial charge in [0, 0.05) is 0 Å². The standard InChI is InChI=1S/C13H18/c1-3-12(2)8-7-11-13-9-5-4-6-10-13/h4-7,9-12H,3,8H2,1-2H3/b11-7+. The van der Waals surface area contributed by atoms with Gasteiger partial charge < -0.3 is 0 Å². The van der Waals surface area contributed by atoms with Crippen LogP contribution in [0.25, 0.3) is 6.08 Å². The van der Waals surface area contributed by atoms with Crippen LogP contribution in [0.15, 0.2) is 36.4 Å². The third-order valence-electron chi connectivity index (χ3n) is 2.35. The highest BCUT2D eigenvalue weighted by Gasteiger charge is 1.93. The minimum absolute atomic E-state index is 0.806. The van der Waals surface area contributed by atoms with Crippen molar-refractivity contribution in [1.82, 2.24) is 0 Å². The zero-order chi connectivity index (χ0) is 9.52. The van der Waals surface area contributed by atoms with Gasteiger partial charge in [-0.15, -0.1) is 0 Å². The molecule has 0 saturated heterocycles. The van der Waals surface area contributed by atoms with Crippen LogP contribution in [0.2, 0.25) is 0 Å². The van der Waals surface area contributed by atoms with Crippen LogP contribution in [0.3, 0.4) is 0 Å². The number of hydrogen-bond acceptors (Lipinski definition) is 0. The minimum Gasteiger partial charge on any atom is -0.0837 e. The van der Waals surface area contributed by atoms with Gasteiger partial charge in [-0.2, -0.15) is 0 Å². The third-order valence-corrected chi connectivity index (χ3v) is 2.35. The summed E-state index contributed by atoms with van der Waals surface area (Å²) >= 11 is 0. The lowest BCUT2D eigenvalue weighted by molar-refractivity contribution is 0.573. The molecule has 0 bridgehead atoms. The Labute approximate surface area is 81.3 Å². The topological polar surface area (TPSA) is 0 Å². The summed E-state index contributed by atoms with van der Waals surface area (Å²) in [5, 5.41) is 0. The van der Waals surface area contributed by atoms with E-state index in [-0.39, 0.29) is 0 Å². The maximum atomic E-state index is 2.29. The molecule has 0 fully saturated rings. The second kappa shape index (κ2) is 5.58. The van der Waals surface area contributed by atoms with Crippen LogP contribution in [-0.4, -0.2) is 0 Å². The second-order valence-electron chi connectivity index (χ2n) is 3.56. The maximum Gasteiger partial charge on any atom is -0.0260 e. The number of benzene rings is 1. The zero-order valence-corrected chi connectivity index (χ0v) is 8.53. The predicted octanol–water partition coefficient (Wildman–Crippen LogP) is 4.14. The molecular weight excluding hydrogens is 156 g/mol. The van der Waals surface area contributed by atoms with Crippen LogP contribution in [0.4, 0.5) is 0 Å². The molecule has 0 amide bonds. The van der Waals surface area contributed by atoms with Gasteiger partial charge >= 0.3 is 0 Å². The Balaban J connectivity index is 2.41. The highest BCUT2D eigenvalue weighted by Crippen LogP contribution is 2.09. The molecule has 0 aliphatic rings. The van der Waals surface area contributed by atoms with Gasteiger partial charge in [0.2, 0.25) is 0 Å². The average Bonchev–Trinajstić information content (AvgIpc) is 2.19. The van der Waals surface area contributed by atoms with E-state index in [1.807, 2.05) is 6.07 Å². The maximum absolute atomic E-state index is 2.29. The smallest absolute Gasteiger partial charge is 0.0260 e. The van der Waals surface area contributed by atoms with Crippen LogP contribution in [-0.2, 0) is 0 Å². The summed E-state index contributed by atoms with van der Waals surface area (Å²) in [7, 11) is 0. The van der Waals surface area contributed by atoms with E-state index in [2.05, 4.69) is 50.3 Å². The largest absolute Gasteiger partial charge is 0.0837 e. The van der Waals surface area contributed by atoms with E-state index in [1.165, 1.54) is 18.4 Å². The molecule has 1 atom stereocenters. The fourth-order valence-electron chi connectivity index (χ4n) is 1.17. The zero-order valence-electron chi connectivity index (χ0n) is 8.53. The number of allylic oxidation sites excluding steroid dienone is 1. The van der Waals surface area contributed by atoms with Crippen molar-refractivity contribution in [2.75, 3.05) is 0 Å². The molecule has 1 aromatic rings. The fourth-order valence-corrected chi connectivity index (χ4v) is 1.17. The second-order valence-corrected chi connectivity index (χ2v) is 3.56. The Hall–Kier alpha value is -1.04. The quantitative estimate of drug-likeness (QED) is 0.643. The van der Waals surface area contributed by atoms with Crippen molar-refractivity contribution in [2.45, 2.75) is 26.7 Å². The monoisotopic (exact) mass is 174 g/mol. The first-order valence-corrected chi connectivity index (χ1v) is 5.04. The summed E-state index contributed by atoms with van der Waals surface area (Å²) in [6.07, 6.45) is 6.92. The van der Waals surface area contributed by atoms with E-state index in [0.717, 1.165) is 5.92 Å². The summed E-state index contributed by atoms with van der Waals surface area (Å²) in [4.78, 5) is 0. The Morgan fingerprint density at radius 3 is 2.54 bits per heavy atom. The van der Waals surface area contributed by atoms with Crippen molar-refractivity contribution in [3.8, 4) is 0 Å². The van der Waals surface area contributed by atoms with Crippen molar-refractivity contribution >= 4 is 6.08 Å². The van der Waals surface area contributed by atoms with Gasteiger partial charge in [0.15, 0.2) is 0 Å². The first-order chi connectivity index (χ1) is 6.33. The van der Waals surface area contributed by atoms with E-state index in [4.69, 9.17) is 0 Å². The normalized spacial score (nSPS) is 13.4. The number of rotatable bonds is 4. The first-order valence-electron chi connectivity index (χ1n) is 5.04. The Morgan fingerprint density at radius 1 is 1.23 bits per heavy atom. The predicted molar refractivity (Wildman–Crippen MR) is 59.5 cm³/mol. The third kappa shape index (κ3) is 3.93. The molecule has 0 aliphatic heterocycles. The lowest BCUT2D eigenvalue weighted by Crippen LogP contribution is -1.87. The summed E-state index contributed by atoms with van der Waals surface area (Å²) < 4.78 is 0. The van der Waals surface area contributed by atoms with Gasteiger partial charge in [0.25, 0.3) is 0 Å². The SMILES string of the molecule is CCC(C)C/C=C/c1ccccc1. The van der Waals surface area contributed by atoms with Crippen LogP contribution in [0.5, 0.6) is 0 Å². The number of hydrogen-bond donors (Lipinski definition) is 0. The lowest BCUT2D eigenvalue weighted by atomic mass is 10.0. The molecule has 70 valence electrons. The molecule has 0 saturated carbocycles. The van der Waals surface area contributed by atoms with E-state index >= 15 is 0 Å². The van der Waals surface area contributed by atoms with Gasteiger partial charge in [-0.3, -0.25) is 0 Å². The van der Waals surface area contributed by atoms with Crippen LogP contribution in [0, 0.1) is 5.92 Å². The highest BCUT2D eigenvalue weighted by molar-refractivity contribution is 5.48. The fraction of sp³-hybridized carbons (Fsp3) is 0.385. The molecular formula is C13H18. The van der Waals surface area contributed by atoms with E-state index in [0.29, 0.717) is 0 Å². The molecule has 0 heterocycles. The molecule has 0 radical (unpaired) electrons. The Kier molecular flexibility index (Phi) is 4.31. The van der Waals surface area contributed by atoms with Crippen molar-refractivity contribution in [1.29, 1.82) is 0 Å². The first kappa shape index (κ1) is 10.0. The van der Waals surface area contributed by atoms with E-state index in [1.54, 1.807) is 0 Å². The molecule has 13 heavy (non-hydrogen) atoms. The van der Waals surface area contributed by atoms with Crippen molar-refractivity contribution in [2.24, 2.45) is 5.92 Å². The molecule has 1 aromatic carbocycles. The summed E-state index contributed by atoms with van der Waals surface area (Å²) in [6, 6.07) is 10.5. The van der Waals surface area contributed by atoms with Gasteiger partial charge in [-0.25, -0.2) is 0 Å². The lowest BCUT2D eigenvalue weighted by Gasteiger charge is -2.02. The van der Waals surface area contributed by atoms with Gasteiger partial charge in [0.05, 0.1) is 0 Å². The molecule has 0 aromatic heterocycles. The minimum atomic E-state index is 0.806. The van der Waals surface area contributed by atoms with Crippen molar-refractivity contribution < 1.29 is 0 Å². The molecule has 0 N–H and O–H groups in total. The van der Waals surface area contributed by atoms with Gasteiger partial charge in [0.1, 0.15) is 0 Å². The molecule has 0 heteroatoms. The average molecular weight is 174 g/mol. The van der Waals surface area contributed by atoms with Crippen molar-refractivity contribution in [3.63, 3.8) is 0 Å². The van der Waals surface area contributed by atoms with E-state index < -0.39 is 0 Å². The Morgan fingerprint density at radius 2 is 1.92 bits per heavy atom. The molecule has 0 spiro atoms. The van der Waals surface area contributed by atoms with Crippen LogP contribution in [0.1, 0.15) is 32.3 Å². The molecule has 0 nitrogen and oxygen atoms in total.